The van der Waals surface area contributed by atoms with Gasteiger partial charge in [0.1, 0.15) is 11.9 Å². The minimum Gasteiger partial charge on any atom is -0.385 e. The van der Waals surface area contributed by atoms with Crippen LogP contribution in [0.25, 0.3) is 0 Å². The smallest absolute Gasteiger partial charge is 0.255 e. The van der Waals surface area contributed by atoms with Gasteiger partial charge in [0.25, 0.3) is 5.91 Å². The highest BCUT2D eigenvalue weighted by Crippen LogP contribution is 2.33. The number of hydrogen-bond donors (Lipinski definition) is 2. The highest BCUT2D eigenvalue weighted by Gasteiger charge is 2.40. The first-order chi connectivity index (χ1) is 10.0. The highest BCUT2D eigenvalue weighted by molar-refractivity contribution is 6.06. The molecule has 1 aromatic rings. The van der Waals surface area contributed by atoms with Crippen molar-refractivity contribution >= 4 is 23.4 Å². The summed E-state index contributed by atoms with van der Waals surface area (Å²) in [5, 5.41) is 4.98. The Bertz CT molecular complexity index is 659. The molecule has 1 atom stereocenters. The SMILES string of the molecule is CNc1c(F)ccc2c1CN(C1CCC(=O)NC1=O)C2=O. The van der Waals surface area contributed by atoms with Crippen LogP contribution in [0.1, 0.15) is 28.8 Å². The van der Waals surface area contributed by atoms with E-state index in [-0.39, 0.29) is 30.5 Å². The number of amides is 3. The molecule has 3 amide bonds. The molecule has 21 heavy (non-hydrogen) atoms. The van der Waals surface area contributed by atoms with Crippen LogP contribution in [-0.2, 0) is 16.1 Å². The van der Waals surface area contributed by atoms with Crippen molar-refractivity contribution in [1.29, 1.82) is 0 Å². The molecule has 3 rings (SSSR count). The lowest BCUT2D eigenvalue weighted by molar-refractivity contribution is -0.136. The Hall–Kier alpha value is -2.44. The number of carbonyl (C=O) groups excluding carboxylic acids is 3. The molecular weight excluding hydrogens is 277 g/mol. The molecular formula is C14H14FN3O3. The van der Waals surface area contributed by atoms with Crippen molar-refractivity contribution in [3.8, 4) is 0 Å². The first kappa shape index (κ1) is 13.5. The zero-order valence-corrected chi connectivity index (χ0v) is 11.4. The summed E-state index contributed by atoms with van der Waals surface area (Å²) in [6.45, 7) is 0.161. The molecule has 7 heteroatoms. The summed E-state index contributed by atoms with van der Waals surface area (Å²) in [4.78, 5) is 36.9. The van der Waals surface area contributed by atoms with E-state index in [1.165, 1.54) is 17.0 Å². The fourth-order valence-electron chi connectivity index (χ4n) is 2.88. The normalized spacial score (nSPS) is 21.3. The lowest BCUT2D eigenvalue weighted by Crippen LogP contribution is -2.52. The number of piperidine rings is 1. The number of anilines is 1. The summed E-state index contributed by atoms with van der Waals surface area (Å²) >= 11 is 0. The molecule has 0 radical (unpaired) electrons. The van der Waals surface area contributed by atoms with Gasteiger partial charge in [0.15, 0.2) is 0 Å². The van der Waals surface area contributed by atoms with Crippen LogP contribution < -0.4 is 10.6 Å². The number of imide groups is 1. The van der Waals surface area contributed by atoms with Crippen LogP contribution in [0.15, 0.2) is 12.1 Å². The number of nitrogens with zero attached hydrogens (tertiary/aromatic N) is 1. The molecule has 6 nitrogen and oxygen atoms in total. The number of hydrogen-bond acceptors (Lipinski definition) is 4. The predicted molar refractivity (Wildman–Crippen MR) is 72.0 cm³/mol. The van der Waals surface area contributed by atoms with Crippen molar-refractivity contribution in [3.05, 3.63) is 29.1 Å². The molecule has 0 aliphatic carbocycles. The Morgan fingerprint density at radius 1 is 1.33 bits per heavy atom. The molecule has 2 N–H and O–H groups in total. The minimum absolute atomic E-state index is 0.161. The van der Waals surface area contributed by atoms with Gasteiger partial charge in [0.05, 0.1) is 5.69 Å². The minimum atomic E-state index is -0.685. The van der Waals surface area contributed by atoms with Gasteiger partial charge in [0.2, 0.25) is 11.8 Å². The number of carbonyl (C=O) groups is 3. The lowest BCUT2D eigenvalue weighted by Gasteiger charge is -2.29. The first-order valence-electron chi connectivity index (χ1n) is 6.66. The lowest BCUT2D eigenvalue weighted by atomic mass is 10.0. The van der Waals surface area contributed by atoms with E-state index in [1.54, 1.807) is 7.05 Å². The van der Waals surface area contributed by atoms with E-state index in [1.807, 2.05) is 0 Å². The van der Waals surface area contributed by atoms with E-state index in [4.69, 9.17) is 0 Å². The third kappa shape index (κ3) is 2.05. The van der Waals surface area contributed by atoms with Crippen molar-refractivity contribution in [2.24, 2.45) is 0 Å². The monoisotopic (exact) mass is 291 g/mol. The second-order valence-electron chi connectivity index (χ2n) is 5.10. The third-order valence-electron chi connectivity index (χ3n) is 3.92. The number of nitrogens with one attached hydrogen (secondary N) is 2. The molecule has 0 spiro atoms. The fraction of sp³-hybridized carbons (Fsp3) is 0.357. The van der Waals surface area contributed by atoms with E-state index < -0.39 is 17.8 Å². The predicted octanol–water partition coefficient (Wildman–Crippen LogP) is 0.628. The van der Waals surface area contributed by atoms with Crippen LogP contribution in [0.3, 0.4) is 0 Å². The number of fused-ring (bicyclic) bond motifs is 1. The largest absolute Gasteiger partial charge is 0.385 e. The van der Waals surface area contributed by atoms with Gasteiger partial charge in [-0.25, -0.2) is 4.39 Å². The second kappa shape index (κ2) is 4.83. The van der Waals surface area contributed by atoms with E-state index in [0.29, 0.717) is 17.5 Å². The zero-order valence-electron chi connectivity index (χ0n) is 11.4. The van der Waals surface area contributed by atoms with Crippen molar-refractivity contribution < 1.29 is 18.8 Å². The van der Waals surface area contributed by atoms with Crippen molar-refractivity contribution in [2.45, 2.75) is 25.4 Å². The van der Waals surface area contributed by atoms with Crippen LogP contribution >= 0.6 is 0 Å². The molecule has 2 heterocycles. The van der Waals surface area contributed by atoms with Gasteiger partial charge >= 0.3 is 0 Å². The summed E-state index contributed by atoms with van der Waals surface area (Å²) in [7, 11) is 1.58. The van der Waals surface area contributed by atoms with Gasteiger partial charge in [-0.15, -0.1) is 0 Å². The van der Waals surface area contributed by atoms with Gasteiger partial charge in [-0.1, -0.05) is 0 Å². The van der Waals surface area contributed by atoms with E-state index in [0.717, 1.165) is 0 Å². The summed E-state index contributed by atoms with van der Waals surface area (Å²) in [6.07, 6.45) is 0.492. The van der Waals surface area contributed by atoms with Crippen molar-refractivity contribution in [2.75, 3.05) is 12.4 Å². The van der Waals surface area contributed by atoms with E-state index in [2.05, 4.69) is 10.6 Å². The van der Waals surface area contributed by atoms with Crippen LogP contribution in [0.2, 0.25) is 0 Å². The molecule has 1 saturated heterocycles. The average Bonchev–Trinajstić information content (AvgIpc) is 2.76. The number of rotatable bonds is 2. The van der Waals surface area contributed by atoms with Gasteiger partial charge in [-0.05, 0) is 18.6 Å². The Morgan fingerprint density at radius 3 is 2.76 bits per heavy atom. The summed E-state index contributed by atoms with van der Waals surface area (Å²) in [5.41, 5.74) is 1.22. The molecule has 2 aliphatic rings. The average molecular weight is 291 g/mol. The van der Waals surface area contributed by atoms with Crippen LogP contribution in [0.4, 0.5) is 10.1 Å². The summed E-state index contributed by atoms with van der Waals surface area (Å²) < 4.78 is 13.8. The maximum atomic E-state index is 13.8. The van der Waals surface area contributed by atoms with Crippen LogP contribution in [0, 0.1) is 5.82 Å². The molecule has 1 fully saturated rings. The highest BCUT2D eigenvalue weighted by atomic mass is 19.1. The topological polar surface area (TPSA) is 78.5 Å². The molecule has 1 unspecified atom stereocenters. The number of halogens is 1. The van der Waals surface area contributed by atoms with Gasteiger partial charge in [-0.2, -0.15) is 0 Å². The molecule has 0 saturated carbocycles. The Labute approximate surface area is 120 Å². The Morgan fingerprint density at radius 2 is 2.10 bits per heavy atom. The molecule has 110 valence electrons. The maximum absolute atomic E-state index is 13.8. The van der Waals surface area contributed by atoms with Crippen LogP contribution in [0.5, 0.6) is 0 Å². The molecule has 2 aliphatic heterocycles. The Kier molecular flexibility index (Phi) is 3.12. The quantitative estimate of drug-likeness (QED) is 0.783. The maximum Gasteiger partial charge on any atom is 0.255 e. The van der Waals surface area contributed by atoms with Crippen molar-refractivity contribution in [3.63, 3.8) is 0 Å². The fourth-order valence-corrected chi connectivity index (χ4v) is 2.88. The van der Waals surface area contributed by atoms with Gasteiger partial charge in [-0.3, -0.25) is 19.7 Å². The van der Waals surface area contributed by atoms with Gasteiger partial charge in [0, 0.05) is 31.1 Å². The standard InChI is InChI=1S/C14H14FN3O3/c1-16-12-8-6-18(10-4-5-11(19)17-13(10)20)14(21)7(8)2-3-9(12)15/h2-3,10,16H,4-6H2,1H3,(H,17,19,20). The van der Waals surface area contributed by atoms with Gasteiger partial charge < -0.3 is 10.2 Å². The van der Waals surface area contributed by atoms with E-state index in [9.17, 15) is 18.8 Å². The Balaban J connectivity index is 1.93. The number of benzene rings is 1. The first-order valence-corrected chi connectivity index (χ1v) is 6.66. The zero-order chi connectivity index (χ0) is 15.1. The summed E-state index contributed by atoms with van der Waals surface area (Å²) in [5.74, 6) is -1.55. The summed E-state index contributed by atoms with van der Waals surface area (Å²) in [6, 6.07) is 1.98. The van der Waals surface area contributed by atoms with E-state index >= 15 is 0 Å². The molecule has 0 aromatic heterocycles. The third-order valence-corrected chi connectivity index (χ3v) is 3.92. The second-order valence-corrected chi connectivity index (χ2v) is 5.10. The van der Waals surface area contributed by atoms with Crippen molar-refractivity contribution in [1.82, 2.24) is 10.2 Å². The molecule has 0 bridgehead atoms. The molecule has 1 aromatic carbocycles. The van der Waals surface area contributed by atoms with Crippen LogP contribution in [-0.4, -0.2) is 35.7 Å².